The second kappa shape index (κ2) is 5.29. The molecular formula is C11H12FNO. The van der Waals surface area contributed by atoms with Crippen LogP contribution in [0.25, 0.3) is 6.08 Å². The van der Waals surface area contributed by atoms with Crippen LogP contribution in [0.2, 0.25) is 0 Å². The van der Waals surface area contributed by atoms with E-state index in [1.807, 2.05) is 0 Å². The van der Waals surface area contributed by atoms with Crippen molar-refractivity contribution >= 4 is 12.4 Å². The molecule has 2 N–H and O–H groups in total. The molecule has 74 valence electrons. The fourth-order valence-electron chi connectivity index (χ4n) is 1.13. The first-order chi connectivity index (χ1) is 6.79. The summed E-state index contributed by atoms with van der Waals surface area (Å²) in [6.45, 7) is 0.515. The van der Waals surface area contributed by atoms with Gasteiger partial charge in [-0.05, 0) is 19.0 Å². The number of carbonyl (C=O) groups excluding carboxylic acids is 1. The van der Waals surface area contributed by atoms with Crippen molar-refractivity contribution in [1.29, 1.82) is 0 Å². The summed E-state index contributed by atoms with van der Waals surface area (Å²) in [5, 5.41) is 0. The lowest BCUT2D eigenvalue weighted by molar-refractivity contribution is 0.112. The third-order valence-corrected chi connectivity index (χ3v) is 1.83. The molecule has 0 aliphatic rings. The number of nitrogens with two attached hydrogens (primary N) is 1. The summed E-state index contributed by atoms with van der Waals surface area (Å²) in [7, 11) is 0. The largest absolute Gasteiger partial charge is 0.330 e. The van der Waals surface area contributed by atoms with Crippen LogP contribution in [0.5, 0.6) is 0 Å². The van der Waals surface area contributed by atoms with Crippen molar-refractivity contribution in [1.82, 2.24) is 0 Å². The molecule has 1 rings (SSSR count). The Balaban J connectivity index is 2.98. The van der Waals surface area contributed by atoms with Gasteiger partial charge in [0.2, 0.25) is 0 Å². The molecule has 0 bridgehead atoms. The second-order valence-electron chi connectivity index (χ2n) is 2.84. The zero-order valence-corrected chi connectivity index (χ0v) is 7.74. The van der Waals surface area contributed by atoms with Crippen molar-refractivity contribution in [2.75, 3.05) is 6.54 Å². The standard InChI is InChI=1S/C11H12FNO/c12-11-6-3-4-9(8-14)10(11)5-1-2-7-13/h1,3-6,8H,2,7,13H2. The van der Waals surface area contributed by atoms with E-state index in [4.69, 9.17) is 5.73 Å². The Morgan fingerprint density at radius 1 is 1.43 bits per heavy atom. The predicted molar refractivity (Wildman–Crippen MR) is 54.5 cm³/mol. The van der Waals surface area contributed by atoms with E-state index >= 15 is 0 Å². The van der Waals surface area contributed by atoms with E-state index in [9.17, 15) is 9.18 Å². The van der Waals surface area contributed by atoms with Gasteiger partial charge in [-0.2, -0.15) is 0 Å². The predicted octanol–water partition coefficient (Wildman–Crippen LogP) is 2.00. The van der Waals surface area contributed by atoms with Gasteiger partial charge in [-0.15, -0.1) is 0 Å². The van der Waals surface area contributed by atoms with E-state index in [1.165, 1.54) is 12.1 Å². The Morgan fingerprint density at radius 2 is 2.21 bits per heavy atom. The van der Waals surface area contributed by atoms with Gasteiger partial charge in [-0.3, -0.25) is 4.79 Å². The van der Waals surface area contributed by atoms with Crippen LogP contribution in [0.15, 0.2) is 24.3 Å². The normalized spacial score (nSPS) is 10.7. The number of hydrogen-bond donors (Lipinski definition) is 1. The molecule has 14 heavy (non-hydrogen) atoms. The van der Waals surface area contributed by atoms with Crippen LogP contribution in [0, 0.1) is 5.82 Å². The number of hydrogen-bond acceptors (Lipinski definition) is 2. The van der Waals surface area contributed by atoms with Gasteiger partial charge in [0.15, 0.2) is 6.29 Å². The Bertz CT molecular complexity index is 347. The average molecular weight is 193 g/mol. The van der Waals surface area contributed by atoms with Crippen LogP contribution in [0.3, 0.4) is 0 Å². The fourth-order valence-corrected chi connectivity index (χ4v) is 1.13. The molecule has 0 saturated heterocycles. The Labute approximate surface area is 82.2 Å². The molecule has 0 radical (unpaired) electrons. The van der Waals surface area contributed by atoms with E-state index < -0.39 is 0 Å². The van der Waals surface area contributed by atoms with Crippen LogP contribution >= 0.6 is 0 Å². The summed E-state index contributed by atoms with van der Waals surface area (Å²) < 4.78 is 13.2. The molecule has 0 atom stereocenters. The highest BCUT2D eigenvalue weighted by Gasteiger charge is 2.03. The third kappa shape index (κ3) is 2.50. The number of carbonyl (C=O) groups is 1. The van der Waals surface area contributed by atoms with Crippen LogP contribution in [0.1, 0.15) is 22.3 Å². The van der Waals surface area contributed by atoms with Gasteiger partial charge in [-0.1, -0.05) is 24.3 Å². The summed E-state index contributed by atoms with van der Waals surface area (Å²) in [6, 6.07) is 4.42. The zero-order valence-electron chi connectivity index (χ0n) is 7.74. The Hall–Kier alpha value is -1.48. The molecule has 0 aliphatic heterocycles. The SMILES string of the molecule is NCCC=Cc1c(F)cccc1C=O. The van der Waals surface area contributed by atoms with E-state index in [2.05, 4.69) is 0 Å². The molecule has 0 saturated carbocycles. The zero-order chi connectivity index (χ0) is 10.4. The highest BCUT2D eigenvalue weighted by atomic mass is 19.1. The summed E-state index contributed by atoms with van der Waals surface area (Å²) in [5.74, 6) is -0.386. The van der Waals surface area contributed by atoms with Crippen molar-refractivity contribution in [2.45, 2.75) is 6.42 Å². The first-order valence-electron chi connectivity index (χ1n) is 4.40. The minimum atomic E-state index is -0.386. The maximum Gasteiger partial charge on any atom is 0.150 e. The number of rotatable bonds is 4. The van der Waals surface area contributed by atoms with Gasteiger partial charge in [0.1, 0.15) is 5.82 Å². The van der Waals surface area contributed by atoms with Gasteiger partial charge in [-0.25, -0.2) is 4.39 Å². The van der Waals surface area contributed by atoms with Gasteiger partial charge in [0.25, 0.3) is 0 Å². The summed E-state index contributed by atoms with van der Waals surface area (Å²) >= 11 is 0. The van der Waals surface area contributed by atoms with E-state index in [0.717, 1.165) is 0 Å². The molecule has 0 fully saturated rings. The Kier molecular flexibility index (Phi) is 4.01. The molecule has 1 aromatic carbocycles. The Morgan fingerprint density at radius 3 is 2.86 bits per heavy atom. The lowest BCUT2D eigenvalue weighted by Crippen LogP contribution is -1.95. The fraction of sp³-hybridized carbons (Fsp3) is 0.182. The number of aldehydes is 1. The summed E-state index contributed by atoms with van der Waals surface area (Å²) in [5.41, 5.74) is 5.98. The molecule has 2 nitrogen and oxygen atoms in total. The molecular weight excluding hydrogens is 181 g/mol. The van der Waals surface area contributed by atoms with E-state index in [0.29, 0.717) is 30.4 Å². The van der Waals surface area contributed by atoms with Crippen molar-refractivity contribution < 1.29 is 9.18 Å². The van der Waals surface area contributed by atoms with Gasteiger partial charge in [0.05, 0.1) is 0 Å². The minimum Gasteiger partial charge on any atom is -0.330 e. The minimum absolute atomic E-state index is 0.330. The highest BCUT2D eigenvalue weighted by molar-refractivity contribution is 5.81. The van der Waals surface area contributed by atoms with Gasteiger partial charge >= 0.3 is 0 Å². The molecule has 3 heteroatoms. The number of benzene rings is 1. The first kappa shape index (κ1) is 10.6. The second-order valence-corrected chi connectivity index (χ2v) is 2.84. The third-order valence-electron chi connectivity index (χ3n) is 1.83. The molecule has 0 aliphatic carbocycles. The van der Waals surface area contributed by atoms with Gasteiger partial charge < -0.3 is 5.73 Å². The maximum absolute atomic E-state index is 13.2. The molecule has 0 heterocycles. The topological polar surface area (TPSA) is 43.1 Å². The molecule has 0 aromatic heterocycles. The lowest BCUT2D eigenvalue weighted by Gasteiger charge is -1.99. The molecule has 0 spiro atoms. The maximum atomic E-state index is 13.2. The molecule has 0 unspecified atom stereocenters. The molecule has 0 amide bonds. The molecule has 1 aromatic rings. The van der Waals surface area contributed by atoms with Crippen LogP contribution < -0.4 is 5.73 Å². The quantitative estimate of drug-likeness (QED) is 0.743. The van der Waals surface area contributed by atoms with Crippen molar-refractivity contribution in [3.63, 3.8) is 0 Å². The smallest absolute Gasteiger partial charge is 0.150 e. The summed E-state index contributed by atoms with van der Waals surface area (Å²) in [6.07, 6.45) is 4.66. The first-order valence-corrected chi connectivity index (χ1v) is 4.40. The van der Waals surface area contributed by atoms with Crippen molar-refractivity contribution in [3.05, 3.63) is 41.2 Å². The van der Waals surface area contributed by atoms with E-state index in [-0.39, 0.29) is 5.82 Å². The number of halogens is 1. The van der Waals surface area contributed by atoms with Crippen molar-refractivity contribution in [2.24, 2.45) is 5.73 Å². The average Bonchev–Trinajstić information content (AvgIpc) is 2.20. The monoisotopic (exact) mass is 193 g/mol. The summed E-state index contributed by atoms with van der Waals surface area (Å²) in [4.78, 5) is 10.6. The lowest BCUT2D eigenvalue weighted by atomic mass is 10.1. The highest BCUT2D eigenvalue weighted by Crippen LogP contribution is 2.13. The van der Waals surface area contributed by atoms with Crippen LogP contribution in [-0.2, 0) is 0 Å². The van der Waals surface area contributed by atoms with Crippen molar-refractivity contribution in [3.8, 4) is 0 Å². The van der Waals surface area contributed by atoms with Crippen LogP contribution in [0.4, 0.5) is 4.39 Å². The van der Waals surface area contributed by atoms with E-state index in [1.54, 1.807) is 18.2 Å². The van der Waals surface area contributed by atoms with Crippen LogP contribution in [-0.4, -0.2) is 12.8 Å². The van der Waals surface area contributed by atoms with Gasteiger partial charge in [0, 0.05) is 11.1 Å².